The molecule has 1 rings (SSSR count). The molecule has 0 saturated heterocycles. The Balaban J connectivity index is 2.57. The van der Waals surface area contributed by atoms with Gasteiger partial charge < -0.3 is 14.6 Å². The summed E-state index contributed by atoms with van der Waals surface area (Å²) < 4.78 is 9.82. The molecule has 0 aliphatic carbocycles. The van der Waals surface area contributed by atoms with E-state index in [1.54, 1.807) is 21.0 Å². The number of methoxy groups -OCH3 is 1. The van der Waals surface area contributed by atoms with Crippen molar-refractivity contribution in [3.63, 3.8) is 0 Å². The van der Waals surface area contributed by atoms with Crippen LogP contribution in [0.4, 0.5) is 0 Å². The molecule has 15 heavy (non-hydrogen) atoms. The van der Waals surface area contributed by atoms with Gasteiger partial charge in [0.25, 0.3) is 0 Å². The normalized spacial score (nSPS) is 12.5. The Morgan fingerprint density at radius 3 is 3.00 bits per heavy atom. The van der Waals surface area contributed by atoms with Crippen LogP contribution in [0.3, 0.4) is 0 Å². The van der Waals surface area contributed by atoms with Crippen molar-refractivity contribution < 1.29 is 14.1 Å². The van der Waals surface area contributed by atoms with Gasteiger partial charge in [0, 0.05) is 13.5 Å². The maximum atomic E-state index is 11.1. The first-order chi connectivity index (χ1) is 7.17. The van der Waals surface area contributed by atoms with Gasteiger partial charge in [-0.25, -0.2) is 0 Å². The van der Waals surface area contributed by atoms with Crippen LogP contribution >= 0.6 is 0 Å². The third-order valence-corrected chi connectivity index (χ3v) is 1.83. The molecule has 0 saturated carbocycles. The highest BCUT2D eigenvalue weighted by molar-refractivity contribution is 5.75. The second-order valence-electron chi connectivity index (χ2n) is 3.12. The molecule has 0 aromatic carbocycles. The topological polar surface area (TPSA) is 77.2 Å². The van der Waals surface area contributed by atoms with Crippen LogP contribution in [0.25, 0.3) is 0 Å². The molecule has 1 heterocycles. The number of carbonyl (C=O) groups is 1. The third kappa shape index (κ3) is 3.32. The largest absolute Gasteiger partial charge is 0.377 e. The number of hydrogen-bond acceptors (Lipinski definition) is 5. The van der Waals surface area contributed by atoms with Crippen LogP contribution in [0.1, 0.15) is 38.0 Å². The molecule has 1 aromatic rings. The predicted molar refractivity (Wildman–Crippen MR) is 51.9 cm³/mol. The van der Waals surface area contributed by atoms with E-state index >= 15 is 0 Å². The van der Waals surface area contributed by atoms with Gasteiger partial charge in [0.15, 0.2) is 5.82 Å². The van der Waals surface area contributed by atoms with E-state index in [9.17, 15) is 4.79 Å². The van der Waals surface area contributed by atoms with Gasteiger partial charge >= 0.3 is 0 Å². The zero-order chi connectivity index (χ0) is 11.3. The van der Waals surface area contributed by atoms with Crippen LogP contribution in [0.15, 0.2) is 4.52 Å². The van der Waals surface area contributed by atoms with Crippen molar-refractivity contribution in [3.05, 3.63) is 11.7 Å². The van der Waals surface area contributed by atoms with Crippen molar-refractivity contribution in [1.82, 2.24) is 15.5 Å². The molecule has 1 N–H and O–H groups in total. The lowest BCUT2D eigenvalue weighted by Gasteiger charge is -2.07. The Morgan fingerprint density at radius 2 is 2.40 bits per heavy atom. The molecule has 1 unspecified atom stereocenters. The van der Waals surface area contributed by atoms with Crippen molar-refractivity contribution in [1.29, 1.82) is 0 Å². The third-order valence-electron chi connectivity index (χ3n) is 1.83. The molecule has 0 bridgehead atoms. The fourth-order valence-corrected chi connectivity index (χ4v) is 1.04. The minimum absolute atomic E-state index is 0.0472. The SMILES string of the molecule is CCC(=O)NC(C)c1nc(COC)no1. The van der Waals surface area contributed by atoms with Crippen molar-refractivity contribution in [3.8, 4) is 0 Å². The highest BCUT2D eigenvalue weighted by Crippen LogP contribution is 2.09. The Morgan fingerprint density at radius 1 is 1.67 bits per heavy atom. The van der Waals surface area contributed by atoms with E-state index in [1.807, 2.05) is 0 Å². The van der Waals surface area contributed by atoms with Crippen LogP contribution in [0.2, 0.25) is 0 Å². The molecular formula is C9H15N3O3. The van der Waals surface area contributed by atoms with Gasteiger partial charge in [-0.1, -0.05) is 12.1 Å². The number of ether oxygens (including phenoxy) is 1. The summed E-state index contributed by atoms with van der Waals surface area (Å²) in [5.74, 6) is 0.822. The molecule has 0 aliphatic heterocycles. The first kappa shape index (κ1) is 11.6. The Kier molecular flexibility index (Phi) is 4.23. The molecule has 1 aromatic heterocycles. The highest BCUT2D eigenvalue weighted by Gasteiger charge is 2.15. The van der Waals surface area contributed by atoms with Crippen molar-refractivity contribution >= 4 is 5.91 Å². The predicted octanol–water partition coefficient (Wildman–Crippen LogP) is 0.803. The number of hydrogen-bond donors (Lipinski definition) is 1. The summed E-state index contributed by atoms with van der Waals surface area (Å²) in [6.07, 6.45) is 0.434. The van der Waals surface area contributed by atoms with Gasteiger partial charge in [-0.05, 0) is 6.92 Å². The van der Waals surface area contributed by atoms with E-state index in [0.29, 0.717) is 24.7 Å². The van der Waals surface area contributed by atoms with Crippen LogP contribution in [0.5, 0.6) is 0 Å². The number of aromatic nitrogens is 2. The van der Waals surface area contributed by atoms with Gasteiger partial charge in [-0.3, -0.25) is 4.79 Å². The summed E-state index contributed by atoms with van der Waals surface area (Å²) in [4.78, 5) is 15.2. The maximum Gasteiger partial charge on any atom is 0.249 e. The second kappa shape index (κ2) is 5.45. The number of carbonyl (C=O) groups excluding carboxylic acids is 1. The fourth-order valence-electron chi connectivity index (χ4n) is 1.04. The number of nitrogens with one attached hydrogen (secondary N) is 1. The summed E-state index contributed by atoms with van der Waals surface area (Å²) in [6.45, 7) is 3.88. The summed E-state index contributed by atoms with van der Waals surface area (Å²) >= 11 is 0. The van der Waals surface area contributed by atoms with E-state index in [0.717, 1.165) is 0 Å². The van der Waals surface area contributed by atoms with E-state index in [4.69, 9.17) is 9.26 Å². The summed E-state index contributed by atoms with van der Waals surface area (Å²) in [6, 6.07) is -0.268. The van der Waals surface area contributed by atoms with E-state index < -0.39 is 0 Å². The Labute approximate surface area is 88.0 Å². The minimum Gasteiger partial charge on any atom is -0.377 e. The van der Waals surface area contributed by atoms with Gasteiger partial charge in [-0.15, -0.1) is 0 Å². The summed E-state index contributed by atoms with van der Waals surface area (Å²) in [5, 5.41) is 6.42. The van der Waals surface area contributed by atoms with Crippen molar-refractivity contribution in [2.24, 2.45) is 0 Å². The van der Waals surface area contributed by atoms with Gasteiger partial charge in [0.1, 0.15) is 12.6 Å². The lowest BCUT2D eigenvalue weighted by molar-refractivity contribution is -0.121. The van der Waals surface area contributed by atoms with Gasteiger partial charge in [0.2, 0.25) is 11.8 Å². The monoisotopic (exact) mass is 213 g/mol. The fraction of sp³-hybridized carbons (Fsp3) is 0.667. The second-order valence-corrected chi connectivity index (χ2v) is 3.12. The van der Waals surface area contributed by atoms with E-state index in [1.165, 1.54) is 0 Å². The highest BCUT2D eigenvalue weighted by atomic mass is 16.5. The molecule has 0 aliphatic rings. The standard InChI is InChI=1S/C9H15N3O3/c1-4-8(13)10-6(2)9-11-7(5-14-3)12-15-9/h6H,4-5H2,1-3H3,(H,10,13). The zero-order valence-corrected chi connectivity index (χ0v) is 9.11. The van der Waals surface area contributed by atoms with Gasteiger partial charge in [-0.2, -0.15) is 4.98 Å². The first-order valence-corrected chi connectivity index (χ1v) is 4.78. The van der Waals surface area contributed by atoms with E-state index in [2.05, 4.69) is 15.5 Å². The molecule has 6 heteroatoms. The molecular weight excluding hydrogens is 198 g/mol. The number of nitrogens with zero attached hydrogens (tertiary/aromatic N) is 2. The average Bonchev–Trinajstić information content (AvgIpc) is 2.67. The lowest BCUT2D eigenvalue weighted by Crippen LogP contribution is -2.25. The summed E-state index contributed by atoms with van der Waals surface area (Å²) in [5.41, 5.74) is 0. The molecule has 1 atom stereocenters. The molecule has 0 spiro atoms. The van der Waals surface area contributed by atoms with E-state index in [-0.39, 0.29) is 11.9 Å². The molecule has 84 valence electrons. The number of rotatable bonds is 5. The van der Waals surface area contributed by atoms with Gasteiger partial charge in [0.05, 0.1) is 0 Å². The number of amides is 1. The van der Waals surface area contributed by atoms with Crippen LogP contribution < -0.4 is 5.32 Å². The smallest absolute Gasteiger partial charge is 0.249 e. The molecule has 0 fully saturated rings. The first-order valence-electron chi connectivity index (χ1n) is 4.78. The molecule has 6 nitrogen and oxygen atoms in total. The Bertz CT molecular complexity index is 324. The lowest BCUT2D eigenvalue weighted by atomic mass is 10.3. The minimum atomic E-state index is -0.268. The maximum absolute atomic E-state index is 11.1. The summed E-state index contributed by atoms with van der Waals surface area (Å²) in [7, 11) is 1.55. The van der Waals surface area contributed by atoms with Crippen LogP contribution in [-0.2, 0) is 16.1 Å². The average molecular weight is 213 g/mol. The molecule has 1 amide bonds. The van der Waals surface area contributed by atoms with Crippen molar-refractivity contribution in [2.75, 3.05) is 7.11 Å². The van der Waals surface area contributed by atoms with Crippen molar-refractivity contribution in [2.45, 2.75) is 32.9 Å². The Hall–Kier alpha value is -1.43. The zero-order valence-electron chi connectivity index (χ0n) is 9.11. The van der Waals surface area contributed by atoms with Crippen LogP contribution in [0, 0.1) is 0 Å². The quantitative estimate of drug-likeness (QED) is 0.782. The van der Waals surface area contributed by atoms with Crippen LogP contribution in [-0.4, -0.2) is 23.2 Å². The molecule has 0 radical (unpaired) electrons.